The second-order valence-electron chi connectivity index (χ2n) is 6.84. The van der Waals surface area contributed by atoms with Crippen LogP contribution in [0.2, 0.25) is 0 Å². The van der Waals surface area contributed by atoms with E-state index in [1.54, 1.807) is 29.7 Å². The van der Waals surface area contributed by atoms with E-state index >= 15 is 0 Å². The minimum Gasteiger partial charge on any atom is -0.495 e. The molecular formula is C22H25N3O3. The third-order valence-corrected chi connectivity index (χ3v) is 5.03. The van der Waals surface area contributed by atoms with Gasteiger partial charge in [0.1, 0.15) is 11.6 Å². The van der Waals surface area contributed by atoms with E-state index in [4.69, 9.17) is 9.72 Å². The van der Waals surface area contributed by atoms with Crippen molar-refractivity contribution in [2.24, 2.45) is 0 Å². The number of amides is 1. The summed E-state index contributed by atoms with van der Waals surface area (Å²) in [5.41, 5.74) is 2.03. The predicted octanol–water partition coefficient (Wildman–Crippen LogP) is 3.63. The average Bonchev–Trinajstić information content (AvgIpc) is 2.72. The lowest BCUT2D eigenvalue weighted by molar-refractivity contribution is -0.131. The van der Waals surface area contributed by atoms with E-state index in [0.29, 0.717) is 34.6 Å². The number of ether oxygens (including phenoxy) is 1. The molecule has 0 aliphatic rings. The summed E-state index contributed by atoms with van der Waals surface area (Å²) in [6.45, 7) is 5.65. The van der Waals surface area contributed by atoms with Crippen LogP contribution in [-0.4, -0.2) is 34.5 Å². The molecule has 3 rings (SSSR count). The van der Waals surface area contributed by atoms with Gasteiger partial charge in [0.15, 0.2) is 0 Å². The first-order valence-corrected chi connectivity index (χ1v) is 9.31. The molecule has 146 valence electrons. The van der Waals surface area contributed by atoms with Crippen LogP contribution in [0.25, 0.3) is 16.6 Å². The number of fused-ring (bicyclic) bond motifs is 1. The second kappa shape index (κ2) is 7.84. The quantitative estimate of drug-likeness (QED) is 0.679. The highest BCUT2D eigenvalue weighted by Crippen LogP contribution is 2.28. The highest BCUT2D eigenvalue weighted by Gasteiger charge is 2.24. The summed E-state index contributed by atoms with van der Waals surface area (Å²) in [5.74, 6) is 1.05. The molecule has 0 bridgehead atoms. The van der Waals surface area contributed by atoms with E-state index in [1.165, 1.54) is 0 Å². The normalized spacial score (nSPS) is 12.0. The SMILES string of the molecule is CCC(=O)N(C)C(C)c1nc2ccccc2c(=O)n1-c1cc(C)ccc1OC. The van der Waals surface area contributed by atoms with Gasteiger partial charge in [-0.05, 0) is 43.7 Å². The Labute approximate surface area is 164 Å². The molecule has 0 aliphatic heterocycles. The van der Waals surface area contributed by atoms with Gasteiger partial charge in [0.25, 0.3) is 5.56 Å². The number of para-hydroxylation sites is 1. The zero-order valence-corrected chi connectivity index (χ0v) is 16.9. The van der Waals surface area contributed by atoms with E-state index in [9.17, 15) is 9.59 Å². The van der Waals surface area contributed by atoms with Gasteiger partial charge >= 0.3 is 0 Å². The van der Waals surface area contributed by atoms with E-state index < -0.39 is 6.04 Å². The third kappa shape index (κ3) is 3.38. The first-order valence-electron chi connectivity index (χ1n) is 9.31. The molecule has 28 heavy (non-hydrogen) atoms. The standard InChI is InChI=1S/C22H25N3O3/c1-6-20(26)24(4)15(3)21-23-17-10-8-7-9-16(17)22(27)25(21)18-13-14(2)11-12-19(18)28-5/h7-13,15H,6H2,1-5H3. The Bertz CT molecular complexity index is 1090. The molecule has 0 saturated carbocycles. The Kier molecular flexibility index (Phi) is 5.49. The number of hydrogen-bond acceptors (Lipinski definition) is 4. The van der Waals surface area contributed by atoms with Crippen LogP contribution in [-0.2, 0) is 4.79 Å². The summed E-state index contributed by atoms with van der Waals surface area (Å²) in [6.07, 6.45) is 0.381. The molecular weight excluding hydrogens is 354 g/mol. The monoisotopic (exact) mass is 379 g/mol. The average molecular weight is 379 g/mol. The van der Waals surface area contributed by atoms with Gasteiger partial charge in [0, 0.05) is 13.5 Å². The smallest absolute Gasteiger partial charge is 0.266 e. The maximum atomic E-state index is 13.5. The number of aromatic nitrogens is 2. The number of rotatable bonds is 5. The maximum absolute atomic E-state index is 13.5. The highest BCUT2D eigenvalue weighted by atomic mass is 16.5. The van der Waals surface area contributed by atoms with E-state index in [-0.39, 0.29) is 11.5 Å². The summed E-state index contributed by atoms with van der Waals surface area (Å²) in [6, 6.07) is 12.5. The largest absolute Gasteiger partial charge is 0.495 e. The van der Waals surface area contributed by atoms with Crippen LogP contribution in [0.5, 0.6) is 5.75 Å². The summed E-state index contributed by atoms with van der Waals surface area (Å²) >= 11 is 0. The number of aryl methyl sites for hydroxylation is 1. The van der Waals surface area contributed by atoms with E-state index in [2.05, 4.69) is 0 Å². The Morgan fingerprint density at radius 1 is 1.25 bits per heavy atom. The van der Waals surface area contributed by atoms with Gasteiger partial charge in [-0.15, -0.1) is 0 Å². The zero-order chi connectivity index (χ0) is 20.4. The highest BCUT2D eigenvalue weighted by molar-refractivity contribution is 5.79. The Morgan fingerprint density at radius 2 is 1.96 bits per heavy atom. The fourth-order valence-electron chi connectivity index (χ4n) is 3.28. The fourth-order valence-corrected chi connectivity index (χ4v) is 3.28. The van der Waals surface area contributed by atoms with Crippen molar-refractivity contribution in [1.29, 1.82) is 0 Å². The van der Waals surface area contributed by atoms with Crippen molar-refractivity contribution >= 4 is 16.8 Å². The fraction of sp³-hybridized carbons (Fsp3) is 0.318. The molecule has 0 spiro atoms. The molecule has 0 aliphatic carbocycles. The van der Waals surface area contributed by atoms with Crippen molar-refractivity contribution < 1.29 is 9.53 Å². The lowest BCUT2D eigenvalue weighted by atomic mass is 10.1. The molecule has 1 atom stereocenters. The number of nitrogens with zero attached hydrogens (tertiary/aromatic N) is 3. The van der Waals surface area contributed by atoms with Gasteiger partial charge in [-0.1, -0.05) is 25.1 Å². The molecule has 0 fully saturated rings. The summed E-state index contributed by atoms with van der Waals surface area (Å²) in [4.78, 5) is 32.1. The summed E-state index contributed by atoms with van der Waals surface area (Å²) in [7, 11) is 3.30. The van der Waals surface area contributed by atoms with Crippen LogP contribution in [0.3, 0.4) is 0 Å². The van der Waals surface area contributed by atoms with Crippen LogP contribution >= 0.6 is 0 Å². The maximum Gasteiger partial charge on any atom is 0.266 e. The van der Waals surface area contributed by atoms with Crippen LogP contribution in [0.4, 0.5) is 0 Å². The molecule has 6 heteroatoms. The molecule has 6 nitrogen and oxygen atoms in total. The topological polar surface area (TPSA) is 64.4 Å². The van der Waals surface area contributed by atoms with Gasteiger partial charge in [-0.2, -0.15) is 0 Å². The molecule has 1 aromatic heterocycles. The van der Waals surface area contributed by atoms with Gasteiger partial charge in [-0.3, -0.25) is 14.2 Å². The second-order valence-corrected chi connectivity index (χ2v) is 6.84. The van der Waals surface area contributed by atoms with Crippen molar-refractivity contribution in [3.05, 3.63) is 64.2 Å². The van der Waals surface area contributed by atoms with Crippen molar-refractivity contribution in [3.63, 3.8) is 0 Å². The molecule has 3 aromatic rings. The predicted molar refractivity (Wildman–Crippen MR) is 110 cm³/mol. The molecule has 0 N–H and O–H groups in total. The minimum atomic E-state index is -0.394. The van der Waals surface area contributed by atoms with Gasteiger partial charge in [-0.25, -0.2) is 4.98 Å². The van der Waals surface area contributed by atoms with Crippen molar-refractivity contribution in [2.45, 2.75) is 33.2 Å². The van der Waals surface area contributed by atoms with E-state index in [1.807, 2.05) is 57.2 Å². The molecule has 2 aromatic carbocycles. The van der Waals surface area contributed by atoms with Gasteiger partial charge in [0.05, 0.1) is 29.7 Å². The molecule has 1 unspecified atom stereocenters. The van der Waals surface area contributed by atoms with Crippen LogP contribution in [0, 0.1) is 6.92 Å². The van der Waals surface area contributed by atoms with E-state index in [0.717, 1.165) is 5.56 Å². The molecule has 0 radical (unpaired) electrons. The number of carbonyl (C=O) groups excluding carboxylic acids is 1. The Morgan fingerprint density at radius 3 is 2.64 bits per heavy atom. The van der Waals surface area contributed by atoms with Gasteiger partial charge < -0.3 is 9.64 Å². The summed E-state index contributed by atoms with van der Waals surface area (Å²) < 4.78 is 7.09. The van der Waals surface area contributed by atoms with Crippen molar-refractivity contribution in [1.82, 2.24) is 14.5 Å². The molecule has 1 amide bonds. The lowest BCUT2D eigenvalue weighted by Gasteiger charge is -2.27. The number of methoxy groups -OCH3 is 1. The van der Waals surface area contributed by atoms with Crippen molar-refractivity contribution in [3.8, 4) is 11.4 Å². The molecule has 1 heterocycles. The third-order valence-electron chi connectivity index (χ3n) is 5.03. The first kappa shape index (κ1) is 19.6. The summed E-state index contributed by atoms with van der Waals surface area (Å²) in [5, 5.41) is 0.520. The van der Waals surface area contributed by atoms with Crippen molar-refractivity contribution in [2.75, 3.05) is 14.2 Å². The number of carbonyl (C=O) groups is 1. The Balaban J connectivity index is 2.37. The van der Waals surface area contributed by atoms with Gasteiger partial charge in [0.2, 0.25) is 5.91 Å². The number of benzene rings is 2. The van der Waals surface area contributed by atoms with Crippen LogP contribution in [0.1, 0.15) is 37.7 Å². The minimum absolute atomic E-state index is 0.0161. The molecule has 0 saturated heterocycles. The van der Waals surface area contributed by atoms with Crippen LogP contribution in [0.15, 0.2) is 47.3 Å². The first-order chi connectivity index (χ1) is 13.4. The number of hydrogen-bond donors (Lipinski definition) is 0. The zero-order valence-electron chi connectivity index (χ0n) is 16.9. The lowest BCUT2D eigenvalue weighted by Crippen LogP contribution is -2.34. The van der Waals surface area contributed by atoms with Crippen LogP contribution < -0.4 is 10.3 Å². The Hall–Kier alpha value is -3.15.